The van der Waals surface area contributed by atoms with Crippen LogP contribution in [0.2, 0.25) is 0 Å². The highest BCUT2D eigenvalue weighted by Crippen LogP contribution is 2.87. The summed E-state index contributed by atoms with van der Waals surface area (Å²) in [6.07, 6.45) is -0.387. The third-order valence-corrected chi connectivity index (χ3v) is 15.7. The Bertz CT molecular complexity index is 1360. The van der Waals surface area contributed by atoms with Gasteiger partial charge in [0.05, 0.1) is 36.4 Å². The molecule has 7 fully saturated rings. The Labute approximate surface area is 294 Å². The summed E-state index contributed by atoms with van der Waals surface area (Å²) in [4.78, 5) is 26.5. The summed E-state index contributed by atoms with van der Waals surface area (Å²) in [7, 11) is 1.55. The minimum Gasteiger partial charge on any atom is -0.446 e. The largest absolute Gasteiger partial charge is 0.446 e. The molecule has 0 aromatic carbocycles. The molecule has 2 spiro atoms. The highest BCUT2D eigenvalue weighted by Gasteiger charge is 2.85. The minimum absolute atomic E-state index is 0.0163. The molecule has 2 aliphatic heterocycles. The molecule has 50 heavy (non-hydrogen) atoms. The number of hydrogen-bond donors (Lipinski definition) is 4. The molecule has 0 bridgehead atoms. The van der Waals surface area contributed by atoms with E-state index in [1.54, 1.807) is 7.05 Å². The first-order chi connectivity index (χ1) is 23.2. The van der Waals surface area contributed by atoms with Gasteiger partial charge in [-0.3, -0.25) is 4.90 Å². The van der Waals surface area contributed by atoms with Crippen molar-refractivity contribution in [2.75, 3.05) is 26.7 Å². The van der Waals surface area contributed by atoms with Crippen LogP contribution in [-0.2, 0) is 14.2 Å². The van der Waals surface area contributed by atoms with Crippen molar-refractivity contribution in [3.05, 3.63) is 0 Å². The molecule has 2 saturated heterocycles. The Kier molecular flexibility index (Phi) is 8.65. The van der Waals surface area contributed by atoms with Crippen molar-refractivity contribution in [3.63, 3.8) is 0 Å². The van der Waals surface area contributed by atoms with Gasteiger partial charge in [-0.05, 0) is 97.2 Å². The Morgan fingerprint density at radius 3 is 2.34 bits per heavy atom. The number of alkyl halides is 3. The van der Waals surface area contributed by atoms with Crippen LogP contribution in [0.3, 0.4) is 0 Å². The zero-order valence-corrected chi connectivity index (χ0v) is 30.8. The number of fused-ring (bicyclic) bond motifs is 4. The van der Waals surface area contributed by atoms with Crippen molar-refractivity contribution in [3.8, 4) is 0 Å². The van der Waals surface area contributed by atoms with Crippen molar-refractivity contribution in [1.29, 1.82) is 0 Å². The molecule has 2 amide bonds. The minimum atomic E-state index is -4.25. The van der Waals surface area contributed by atoms with Gasteiger partial charge in [0.25, 0.3) is 0 Å². The van der Waals surface area contributed by atoms with E-state index in [9.17, 15) is 27.9 Å². The SMILES string of the molecule is CNC(=O)O[C@H](C(C)C)C1C[C@@H](C)[C@H]2C(O1)[C@H](O)[C@@]1(N)C3CC[C@H]4C(C)(C)[C@@H](OC(=O)NC5CN(CC(F)(F)F)C5)CCC45C[C@@]35CC[C@]21C. The molecule has 10 nitrogen and oxygen atoms in total. The second kappa shape index (κ2) is 11.8. The average Bonchev–Trinajstić information content (AvgIpc) is 3.64. The van der Waals surface area contributed by atoms with E-state index in [0.29, 0.717) is 5.92 Å². The molecule has 5 aliphatic carbocycles. The lowest BCUT2D eigenvalue weighted by Crippen LogP contribution is -2.70. The molecule has 5 N–H and O–H groups in total. The van der Waals surface area contributed by atoms with Crippen LogP contribution in [0.15, 0.2) is 0 Å². The first-order valence-electron chi connectivity index (χ1n) is 19.0. The summed E-state index contributed by atoms with van der Waals surface area (Å²) in [5.74, 6) is 0.812. The highest BCUT2D eigenvalue weighted by atomic mass is 19.4. The van der Waals surface area contributed by atoms with Gasteiger partial charge >= 0.3 is 18.4 Å². The Balaban J connectivity index is 1.06. The number of likely N-dealkylation sites (tertiary alicyclic amines) is 1. The lowest BCUT2D eigenvalue weighted by atomic mass is 9.43. The Hall–Kier alpha value is -1.83. The number of halogens is 3. The molecule has 4 unspecified atom stereocenters. The van der Waals surface area contributed by atoms with Crippen molar-refractivity contribution >= 4 is 12.2 Å². The van der Waals surface area contributed by atoms with Crippen molar-refractivity contribution in [2.45, 2.75) is 141 Å². The number of hydrogen-bond acceptors (Lipinski definition) is 8. The number of rotatable bonds is 6. The summed E-state index contributed by atoms with van der Waals surface area (Å²) in [6.45, 7) is 12.4. The predicted molar refractivity (Wildman–Crippen MR) is 179 cm³/mol. The van der Waals surface area contributed by atoms with Gasteiger partial charge in [0.1, 0.15) is 12.2 Å². The van der Waals surface area contributed by atoms with Crippen LogP contribution >= 0.6 is 0 Å². The van der Waals surface area contributed by atoms with Gasteiger partial charge in [-0.25, -0.2) is 9.59 Å². The number of alkyl carbamates (subject to hydrolysis) is 2. The van der Waals surface area contributed by atoms with Gasteiger partial charge in [-0.1, -0.05) is 41.5 Å². The van der Waals surface area contributed by atoms with E-state index in [2.05, 4.69) is 38.3 Å². The number of nitrogens with one attached hydrogen (secondary N) is 2. The highest BCUT2D eigenvalue weighted by molar-refractivity contribution is 5.68. The van der Waals surface area contributed by atoms with E-state index in [4.69, 9.17) is 19.9 Å². The fraction of sp³-hybridized carbons (Fsp3) is 0.946. The van der Waals surface area contributed by atoms with E-state index in [-0.39, 0.29) is 76.7 Å². The molecule has 13 atom stereocenters. The van der Waals surface area contributed by atoms with Gasteiger partial charge in [-0.2, -0.15) is 13.2 Å². The molecular formula is C37H59F3N4O6. The molecule has 0 aromatic rings. The average molecular weight is 713 g/mol. The van der Waals surface area contributed by atoms with Crippen LogP contribution in [0.1, 0.15) is 92.9 Å². The van der Waals surface area contributed by atoms with E-state index >= 15 is 0 Å². The molecule has 2 heterocycles. The zero-order chi connectivity index (χ0) is 36.4. The normalized spacial score (nSPS) is 47.0. The molecular weight excluding hydrogens is 653 g/mol. The second-order valence-corrected chi connectivity index (χ2v) is 18.6. The topological polar surface area (TPSA) is 135 Å². The number of carbonyl (C=O) groups is 2. The number of carbonyl (C=O) groups excluding carboxylic acids is 2. The summed E-state index contributed by atoms with van der Waals surface area (Å²) in [6, 6.07) is -0.342. The molecule has 7 aliphatic rings. The third kappa shape index (κ3) is 5.16. The van der Waals surface area contributed by atoms with Gasteiger partial charge < -0.3 is 35.7 Å². The summed E-state index contributed by atoms with van der Waals surface area (Å²) >= 11 is 0. The van der Waals surface area contributed by atoms with Crippen LogP contribution in [-0.4, -0.2) is 97.2 Å². The Morgan fingerprint density at radius 2 is 1.70 bits per heavy atom. The molecule has 0 aromatic heterocycles. The van der Waals surface area contributed by atoms with Crippen LogP contribution in [0.25, 0.3) is 0 Å². The fourth-order valence-electron chi connectivity index (χ4n) is 13.6. The predicted octanol–water partition coefficient (Wildman–Crippen LogP) is 5.21. The molecule has 0 radical (unpaired) electrons. The quantitative estimate of drug-likeness (QED) is 0.295. The molecule has 5 saturated carbocycles. The molecule has 7 rings (SSSR count). The van der Waals surface area contributed by atoms with Gasteiger partial charge in [0.2, 0.25) is 0 Å². The summed E-state index contributed by atoms with van der Waals surface area (Å²) in [5, 5.41) is 17.8. The van der Waals surface area contributed by atoms with Crippen LogP contribution < -0.4 is 16.4 Å². The van der Waals surface area contributed by atoms with Crippen LogP contribution in [0.5, 0.6) is 0 Å². The maximum Gasteiger partial charge on any atom is 0.407 e. The molecule has 284 valence electrons. The van der Waals surface area contributed by atoms with E-state index in [1.165, 1.54) is 4.90 Å². The van der Waals surface area contributed by atoms with Crippen LogP contribution in [0.4, 0.5) is 22.8 Å². The Morgan fingerprint density at radius 1 is 1.04 bits per heavy atom. The number of nitrogens with zero attached hydrogens (tertiary/aromatic N) is 1. The standard InChI is InChI=1S/C37H59F3N4O6/c1-19(2)27(50-30(46)42-7)22-14-20(3)26-28(48-22)29(45)37(41)24-9-8-23-32(4,5)25(10-11-34(23)17-35(24,34)13-12-33(26,37)6)49-31(47)43-21-15-44(16-21)18-36(38,39)40/h19-29,45H,8-18,41H2,1-7H3,(H,42,46)(H,43,47)/t20-,22?,23+,24?,25+,26+,27-,28?,29+,33-,34?,35+,37+/m1/s1. The van der Waals surface area contributed by atoms with Gasteiger partial charge in [0, 0.05) is 25.6 Å². The number of nitrogens with two attached hydrogens (primary N) is 1. The third-order valence-electron chi connectivity index (χ3n) is 15.7. The van der Waals surface area contributed by atoms with Crippen molar-refractivity contribution < 1.29 is 42.1 Å². The maximum absolute atomic E-state index is 13.0. The van der Waals surface area contributed by atoms with Crippen LogP contribution in [0, 0.1) is 51.2 Å². The van der Waals surface area contributed by atoms with Crippen molar-refractivity contribution in [1.82, 2.24) is 15.5 Å². The number of aliphatic hydroxyl groups excluding tert-OH is 1. The van der Waals surface area contributed by atoms with E-state index in [1.807, 2.05) is 13.8 Å². The summed E-state index contributed by atoms with van der Waals surface area (Å²) in [5.41, 5.74) is 6.39. The fourth-order valence-corrected chi connectivity index (χ4v) is 13.6. The van der Waals surface area contributed by atoms with E-state index in [0.717, 1.165) is 51.4 Å². The monoisotopic (exact) mass is 712 g/mol. The zero-order valence-electron chi connectivity index (χ0n) is 30.8. The van der Waals surface area contributed by atoms with E-state index < -0.39 is 48.8 Å². The maximum atomic E-state index is 13.0. The second-order valence-electron chi connectivity index (χ2n) is 18.6. The first kappa shape index (κ1) is 36.5. The number of aliphatic hydroxyl groups is 1. The summed E-state index contributed by atoms with van der Waals surface area (Å²) < 4.78 is 56.8. The van der Waals surface area contributed by atoms with Crippen molar-refractivity contribution in [2.24, 2.45) is 57.0 Å². The lowest BCUT2D eigenvalue weighted by molar-refractivity contribution is -0.177. The number of amides is 2. The molecule has 13 heteroatoms. The number of ether oxygens (including phenoxy) is 3. The lowest BCUT2D eigenvalue weighted by Gasteiger charge is -2.63. The van der Waals surface area contributed by atoms with Gasteiger partial charge in [0.15, 0.2) is 0 Å². The first-order valence-corrected chi connectivity index (χ1v) is 19.0. The van der Waals surface area contributed by atoms with Gasteiger partial charge in [-0.15, -0.1) is 0 Å². The smallest absolute Gasteiger partial charge is 0.407 e.